The average Bonchev–Trinajstić information content (AvgIpc) is 3.56. The molecular formula is C51H32N4. The Kier molecular flexibility index (Phi) is 7.14. The van der Waals surface area contributed by atoms with Gasteiger partial charge < -0.3 is 4.57 Å². The van der Waals surface area contributed by atoms with E-state index in [-0.39, 0.29) is 0 Å². The van der Waals surface area contributed by atoms with Crippen molar-refractivity contribution in [3.63, 3.8) is 0 Å². The van der Waals surface area contributed by atoms with Gasteiger partial charge in [-0.2, -0.15) is 0 Å². The number of benzene rings is 9. The average molecular weight is 701 g/mol. The van der Waals surface area contributed by atoms with Gasteiger partial charge in [0.1, 0.15) is 0 Å². The van der Waals surface area contributed by atoms with Gasteiger partial charge in [-0.1, -0.05) is 158 Å². The molecule has 0 spiro atoms. The van der Waals surface area contributed by atoms with Gasteiger partial charge in [0.2, 0.25) is 0 Å². The van der Waals surface area contributed by atoms with E-state index in [1.807, 2.05) is 36.4 Å². The molecule has 0 saturated heterocycles. The van der Waals surface area contributed by atoms with Crippen LogP contribution in [0.4, 0.5) is 0 Å². The molecule has 0 aliphatic rings. The Morgan fingerprint density at radius 2 is 0.764 bits per heavy atom. The Morgan fingerprint density at radius 1 is 0.309 bits per heavy atom. The first-order chi connectivity index (χ1) is 27.3. The van der Waals surface area contributed by atoms with Gasteiger partial charge in [0, 0.05) is 38.2 Å². The van der Waals surface area contributed by atoms with Gasteiger partial charge in [0.05, 0.1) is 16.7 Å². The van der Waals surface area contributed by atoms with Crippen molar-refractivity contribution in [3.05, 3.63) is 194 Å². The van der Waals surface area contributed by atoms with Crippen molar-refractivity contribution in [2.45, 2.75) is 0 Å². The second-order valence-electron chi connectivity index (χ2n) is 14.0. The molecule has 2 heterocycles. The highest BCUT2D eigenvalue weighted by atomic mass is 15.0. The van der Waals surface area contributed by atoms with Crippen molar-refractivity contribution >= 4 is 54.1 Å². The van der Waals surface area contributed by atoms with Gasteiger partial charge in [-0.15, -0.1) is 0 Å². The van der Waals surface area contributed by atoms with Gasteiger partial charge >= 0.3 is 0 Å². The number of nitrogens with zero attached hydrogens (tertiary/aromatic N) is 4. The molecule has 0 saturated carbocycles. The Labute approximate surface area is 317 Å². The molecule has 4 nitrogen and oxygen atoms in total. The van der Waals surface area contributed by atoms with Crippen LogP contribution in [0.5, 0.6) is 0 Å². The Morgan fingerprint density at radius 3 is 1.29 bits per heavy atom. The van der Waals surface area contributed by atoms with Crippen LogP contribution in [0.1, 0.15) is 0 Å². The van der Waals surface area contributed by atoms with E-state index in [9.17, 15) is 0 Å². The molecule has 256 valence electrons. The van der Waals surface area contributed by atoms with Gasteiger partial charge in [0.25, 0.3) is 0 Å². The van der Waals surface area contributed by atoms with Gasteiger partial charge in [-0.05, 0) is 69.1 Å². The van der Waals surface area contributed by atoms with E-state index >= 15 is 0 Å². The van der Waals surface area contributed by atoms with Crippen LogP contribution in [0, 0.1) is 0 Å². The van der Waals surface area contributed by atoms with Crippen molar-refractivity contribution in [1.29, 1.82) is 0 Å². The Balaban J connectivity index is 1.26. The predicted molar refractivity (Wildman–Crippen MR) is 228 cm³/mol. The van der Waals surface area contributed by atoms with E-state index in [1.165, 1.54) is 43.4 Å². The third kappa shape index (κ3) is 5.19. The van der Waals surface area contributed by atoms with Crippen molar-refractivity contribution in [2.24, 2.45) is 0 Å². The molecule has 0 fully saturated rings. The summed E-state index contributed by atoms with van der Waals surface area (Å²) >= 11 is 0. The summed E-state index contributed by atoms with van der Waals surface area (Å²) in [4.78, 5) is 15.4. The lowest BCUT2D eigenvalue weighted by Crippen LogP contribution is -2.02. The molecule has 11 aromatic rings. The molecule has 0 amide bonds. The van der Waals surface area contributed by atoms with Crippen LogP contribution in [0.25, 0.3) is 105 Å². The molecule has 0 aliphatic heterocycles. The van der Waals surface area contributed by atoms with Gasteiger partial charge in [-0.25, -0.2) is 15.0 Å². The fourth-order valence-electron chi connectivity index (χ4n) is 8.21. The lowest BCUT2D eigenvalue weighted by atomic mass is 9.93. The Hall–Kier alpha value is -7.43. The zero-order valence-corrected chi connectivity index (χ0v) is 29.8. The standard InChI is InChI=1S/C51H32N4/c1-4-15-33(16-5-1)40-25-14-26-41-45(55-46-31-38-23-12-10-21-36(38)29-43(46)44-30-37-22-11-13-24-39(37)32-47(44)55)28-27-42(48(40)41)51-53-49(34-17-6-2-7-18-34)52-50(54-51)35-19-8-3-9-20-35/h1-32H. The predicted octanol–water partition coefficient (Wildman–Crippen LogP) is 13.1. The molecule has 0 bridgehead atoms. The highest BCUT2D eigenvalue weighted by molar-refractivity contribution is 6.18. The number of hydrogen-bond donors (Lipinski definition) is 0. The number of fused-ring (bicyclic) bond motifs is 6. The maximum Gasteiger partial charge on any atom is 0.164 e. The minimum absolute atomic E-state index is 0.631. The minimum Gasteiger partial charge on any atom is -0.309 e. The van der Waals surface area contributed by atoms with E-state index in [0.717, 1.165) is 44.3 Å². The lowest BCUT2D eigenvalue weighted by Gasteiger charge is -2.18. The molecule has 0 unspecified atom stereocenters. The van der Waals surface area contributed by atoms with E-state index < -0.39 is 0 Å². The SMILES string of the molecule is c1ccc(-c2nc(-c3ccccc3)nc(-c3ccc(-n4c5cc6ccccc6cc5c5cc6ccccc6cc54)c4cccc(-c5ccccc5)c34)n2)cc1. The second-order valence-corrected chi connectivity index (χ2v) is 14.0. The zero-order valence-electron chi connectivity index (χ0n) is 29.8. The third-order valence-corrected chi connectivity index (χ3v) is 10.8. The zero-order chi connectivity index (χ0) is 36.3. The van der Waals surface area contributed by atoms with Crippen LogP contribution in [-0.4, -0.2) is 19.5 Å². The van der Waals surface area contributed by atoms with Crippen LogP contribution < -0.4 is 0 Å². The summed E-state index contributed by atoms with van der Waals surface area (Å²) in [6, 6.07) is 68.8. The summed E-state index contributed by atoms with van der Waals surface area (Å²) in [5, 5.41) is 9.54. The molecule has 55 heavy (non-hydrogen) atoms. The summed E-state index contributed by atoms with van der Waals surface area (Å²) in [6.45, 7) is 0. The fraction of sp³-hybridized carbons (Fsp3) is 0. The number of hydrogen-bond acceptors (Lipinski definition) is 3. The smallest absolute Gasteiger partial charge is 0.164 e. The van der Waals surface area contributed by atoms with Crippen molar-refractivity contribution in [1.82, 2.24) is 19.5 Å². The highest BCUT2D eigenvalue weighted by Gasteiger charge is 2.21. The number of rotatable bonds is 5. The van der Waals surface area contributed by atoms with Crippen molar-refractivity contribution < 1.29 is 0 Å². The highest BCUT2D eigenvalue weighted by Crippen LogP contribution is 2.43. The van der Waals surface area contributed by atoms with Crippen molar-refractivity contribution in [2.75, 3.05) is 0 Å². The molecule has 11 rings (SSSR count). The van der Waals surface area contributed by atoms with Gasteiger partial charge in [0.15, 0.2) is 17.5 Å². The summed E-state index contributed by atoms with van der Waals surface area (Å²) in [7, 11) is 0. The maximum atomic E-state index is 5.22. The van der Waals surface area contributed by atoms with Crippen LogP contribution in [0.3, 0.4) is 0 Å². The Bertz CT molecular complexity index is 3090. The summed E-state index contributed by atoms with van der Waals surface area (Å²) in [5.41, 5.74) is 8.52. The van der Waals surface area contributed by atoms with E-state index in [2.05, 4.69) is 162 Å². The molecular weight excluding hydrogens is 669 g/mol. The molecule has 0 radical (unpaired) electrons. The number of aromatic nitrogens is 4. The first kappa shape index (κ1) is 31.1. The molecule has 0 atom stereocenters. The topological polar surface area (TPSA) is 43.6 Å². The van der Waals surface area contributed by atoms with Crippen molar-refractivity contribution in [3.8, 4) is 51.0 Å². The maximum absolute atomic E-state index is 5.22. The molecule has 2 aromatic heterocycles. The summed E-state index contributed by atoms with van der Waals surface area (Å²) in [5.74, 6) is 1.91. The molecule has 9 aromatic carbocycles. The monoisotopic (exact) mass is 700 g/mol. The second kappa shape index (κ2) is 12.6. The van der Waals surface area contributed by atoms with Crippen LogP contribution in [0.2, 0.25) is 0 Å². The fourth-order valence-corrected chi connectivity index (χ4v) is 8.21. The summed E-state index contributed by atoms with van der Waals surface area (Å²) < 4.78 is 2.46. The lowest BCUT2D eigenvalue weighted by molar-refractivity contribution is 1.08. The van der Waals surface area contributed by atoms with Gasteiger partial charge in [-0.3, -0.25) is 0 Å². The van der Waals surface area contributed by atoms with E-state index in [1.54, 1.807) is 0 Å². The minimum atomic E-state index is 0.631. The third-order valence-electron chi connectivity index (χ3n) is 10.8. The quantitative estimate of drug-likeness (QED) is 0.179. The van der Waals surface area contributed by atoms with Crippen LogP contribution >= 0.6 is 0 Å². The van der Waals surface area contributed by atoms with E-state index in [0.29, 0.717) is 17.5 Å². The van der Waals surface area contributed by atoms with E-state index in [4.69, 9.17) is 15.0 Å². The molecule has 4 heteroatoms. The summed E-state index contributed by atoms with van der Waals surface area (Å²) in [6.07, 6.45) is 0. The first-order valence-electron chi connectivity index (χ1n) is 18.6. The van der Waals surface area contributed by atoms with Crippen LogP contribution in [0.15, 0.2) is 194 Å². The normalized spacial score (nSPS) is 11.6. The van der Waals surface area contributed by atoms with Crippen LogP contribution in [-0.2, 0) is 0 Å². The molecule has 0 aliphatic carbocycles. The largest absolute Gasteiger partial charge is 0.309 e. The first-order valence-corrected chi connectivity index (χ1v) is 18.6. The molecule has 0 N–H and O–H groups in total.